The number of nitrogens with zero attached hydrogens (tertiary/aromatic N) is 4. The molecule has 0 fully saturated rings. The van der Waals surface area contributed by atoms with Crippen molar-refractivity contribution in [3.8, 4) is 0 Å². The van der Waals surface area contributed by atoms with Crippen LogP contribution in [-0.2, 0) is 6.42 Å². The van der Waals surface area contributed by atoms with E-state index in [1.807, 2.05) is 30.9 Å². The fourth-order valence-corrected chi connectivity index (χ4v) is 2.34. The number of hydrogen-bond acceptors (Lipinski definition) is 4. The summed E-state index contributed by atoms with van der Waals surface area (Å²) in [5, 5.41) is 3.09. The molecule has 0 spiro atoms. The van der Waals surface area contributed by atoms with Gasteiger partial charge in [-0.3, -0.25) is 0 Å². The summed E-state index contributed by atoms with van der Waals surface area (Å²) < 4.78 is 1.98. The first-order chi connectivity index (χ1) is 10.2. The fraction of sp³-hybridized carbons (Fsp3) is 0.250. The maximum absolute atomic E-state index is 4.64. The van der Waals surface area contributed by atoms with Gasteiger partial charge in [-0.25, -0.2) is 9.97 Å². The third kappa shape index (κ3) is 2.42. The smallest absolute Gasteiger partial charge is 0.180 e. The van der Waals surface area contributed by atoms with Gasteiger partial charge in [0.05, 0.1) is 6.20 Å². The van der Waals surface area contributed by atoms with Crippen molar-refractivity contribution in [1.82, 2.24) is 14.4 Å². The van der Waals surface area contributed by atoms with Crippen LogP contribution in [0.1, 0.15) is 12.5 Å². The topological polar surface area (TPSA) is 45.5 Å². The SMILES string of the molecule is CCc1ccc(N(C)c2nc(NC)cn3ccnc23)cc1. The Bertz CT molecular complexity index is 745. The summed E-state index contributed by atoms with van der Waals surface area (Å²) in [6.07, 6.45) is 6.69. The quantitative estimate of drug-likeness (QED) is 0.798. The van der Waals surface area contributed by atoms with Crippen LogP contribution >= 0.6 is 0 Å². The minimum absolute atomic E-state index is 0.813. The number of nitrogens with one attached hydrogen (secondary N) is 1. The van der Waals surface area contributed by atoms with Gasteiger partial charge in [0, 0.05) is 32.2 Å². The van der Waals surface area contributed by atoms with Crippen LogP contribution in [0.2, 0.25) is 0 Å². The molecule has 0 atom stereocenters. The molecule has 2 heterocycles. The largest absolute Gasteiger partial charge is 0.372 e. The molecule has 5 heteroatoms. The molecule has 108 valence electrons. The van der Waals surface area contributed by atoms with Crippen LogP contribution < -0.4 is 10.2 Å². The zero-order chi connectivity index (χ0) is 14.8. The Morgan fingerprint density at radius 1 is 1.24 bits per heavy atom. The average Bonchev–Trinajstić information content (AvgIpc) is 3.01. The zero-order valence-electron chi connectivity index (χ0n) is 12.5. The molecule has 0 bridgehead atoms. The van der Waals surface area contributed by atoms with Crippen molar-refractivity contribution in [2.24, 2.45) is 0 Å². The monoisotopic (exact) mass is 281 g/mol. The molecule has 1 aromatic carbocycles. The summed E-state index contributed by atoms with van der Waals surface area (Å²) in [5.74, 6) is 1.64. The highest BCUT2D eigenvalue weighted by Crippen LogP contribution is 2.26. The molecule has 5 nitrogen and oxygen atoms in total. The average molecular weight is 281 g/mol. The van der Waals surface area contributed by atoms with Gasteiger partial charge in [0.2, 0.25) is 0 Å². The van der Waals surface area contributed by atoms with Gasteiger partial charge in [-0.1, -0.05) is 19.1 Å². The van der Waals surface area contributed by atoms with E-state index in [-0.39, 0.29) is 0 Å². The maximum atomic E-state index is 4.64. The molecule has 3 rings (SSSR count). The second-order valence-electron chi connectivity index (χ2n) is 4.94. The molecule has 0 saturated heterocycles. The van der Waals surface area contributed by atoms with Crippen molar-refractivity contribution in [3.05, 3.63) is 48.4 Å². The van der Waals surface area contributed by atoms with Crippen LogP contribution in [0.4, 0.5) is 17.3 Å². The molecule has 2 aromatic heterocycles. The second kappa shape index (κ2) is 5.44. The maximum Gasteiger partial charge on any atom is 0.180 e. The normalized spacial score (nSPS) is 10.8. The van der Waals surface area contributed by atoms with Crippen molar-refractivity contribution >= 4 is 23.0 Å². The first-order valence-corrected chi connectivity index (χ1v) is 7.07. The first-order valence-electron chi connectivity index (χ1n) is 7.07. The Morgan fingerprint density at radius 3 is 2.67 bits per heavy atom. The highest BCUT2D eigenvalue weighted by Gasteiger charge is 2.13. The number of fused-ring (bicyclic) bond motifs is 1. The molecule has 1 N–H and O–H groups in total. The van der Waals surface area contributed by atoms with Crippen LogP contribution in [0, 0.1) is 0 Å². The molecule has 0 unspecified atom stereocenters. The Morgan fingerprint density at radius 2 is 2.00 bits per heavy atom. The summed E-state index contributed by atoms with van der Waals surface area (Å²) in [5.41, 5.74) is 3.27. The lowest BCUT2D eigenvalue weighted by Crippen LogP contribution is -2.14. The summed E-state index contributed by atoms with van der Waals surface area (Å²) >= 11 is 0. The predicted octanol–water partition coefficient (Wildman–Crippen LogP) is 3.10. The third-order valence-corrected chi connectivity index (χ3v) is 3.66. The van der Waals surface area contributed by atoms with E-state index in [1.54, 1.807) is 6.20 Å². The highest BCUT2D eigenvalue weighted by molar-refractivity contribution is 5.73. The molecule has 21 heavy (non-hydrogen) atoms. The van der Waals surface area contributed by atoms with Gasteiger partial charge in [0.1, 0.15) is 5.82 Å². The van der Waals surface area contributed by atoms with E-state index in [4.69, 9.17) is 0 Å². The number of aryl methyl sites for hydroxylation is 1. The van der Waals surface area contributed by atoms with E-state index in [0.717, 1.165) is 29.4 Å². The summed E-state index contributed by atoms with van der Waals surface area (Å²) in [6, 6.07) is 8.53. The van der Waals surface area contributed by atoms with Crippen LogP contribution in [0.15, 0.2) is 42.9 Å². The van der Waals surface area contributed by atoms with Gasteiger partial charge in [-0.2, -0.15) is 0 Å². The van der Waals surface area contributed by atoms with E-state index in [2.05, 4.69) is 51.4 Å². The zero-order valence-corrected chi connectivity index (χ0v) is 12.5. The number of hydrogen-bond donors (Lipinski definition) is 1. The fourth-order valence-electron chi connectivity index (χ4n) is 2.34. The molecule has 3 aromatic rings. The summed E-state index contributed by atoms with van der Waals surface area (Å²) in [7, 11) is 3.88. The lowest BCUT2D eigenvalue weighted by molar-refractivity contribution is 1.06. The Balaban J connectivity index is 2.07. The van der Waals surface area contributed by atoms with E-state index in [1.165, 1.54) is 5.56 Å². The van der Waals surface area contributed by atoms with Crippen LogP contribution in [-0.4, -0.2) is 28.5 Å². The van der Waals surface area contributed by atoms with Gasteiger partial charge in [0.15, 0.2) is 11.5 Å². The molecular formula is C16H19N5. The Hall–Kier alpha value is -2.56. The highest BCUT2D eigenvalue weighted by atomic mass is 15.2. The first kappa shape index (κ1) is 13.4. The molecule has 0 aliphatic carbocycles. The van der Waals surface area contributed by atoms with E-state index < -0.39 is 0 Å². The lowest BCUT2D eigenvalue weighted by atomic mass is 10.1. The van der Waals surface area contributed by atoms with Crippen molar-refractivity contribution in [3.63, 3.8) is 0 Å². The Labute approximate surface area is 124 Å². The standard InChI is InChI=1S/C16H19N5/c1-4-12-5-7-13(8-6-12)20(3)16-15-18-9-10-21(15)11-14(17-2)19-16/h5-11,17H,4H2,1-3H3. The van der Waals surface area contributed by atoms with E-state index in [9.17, 15) is 0 Å². The number of anilines is 3. The predicted molar refractivity (Wildman–Crippen MR) is 86.4 cm³/mol. The van der Waals surface area contributed by atoms with Gasteiger partial charge in [-0.15, -0.1) is 0 Å². The molecule has 0 radical (unpaired) electrons. The second-order valence-corrected chi connectivity index (χ2v) is 4.94. The van der Waals surface area contributed by atoms with Crippen LogP contribution in [0.25, 0.3) is 5.65 Å². The number of aromatic nitrogens is 3. The minimum Gasteiger partial charge on any atom is -0.372 e. The molecule has 0 saturated carbocycles. The molecule has 0 aliphatic rings. The third-order valence-electron chi connectivity index (χ3n) is 3.66. The lowest BCUT2D eigenvalue weighted by Gasteiger charge is -2.20. The summed E-state index contributed by atoms with van der Waals surface area (Å²) in [4.78, 5) is 11.1. The van der Waals surface area contributed by atoms with E-state index >= 15 is 0 Å². The molecule has 0 aliphatic heterocycles. The number of rotatable bonds is 4. The molecule has 0 amide bonds. The molecular weight excluding hydrogens is 262 g/mol. The number of benzene rings is 1. The van der Waals surface area contributed by atoms with Crippen LogP contribution in [0.3, 0.4) is 0 Å². The number of imidazole rings is 1. The minimum atomic E-state index is 0.813. The van der Waals surface area contributed by atoms with Crippen molar-refractivity contribution in [2.75, 3.05) is 24.3 Å². The summed E-state index contributed by atoms with van der Waals surface area (Å²) in [6.45, 7) is 2.16. The van der Waals surface area contributed by atoms with Crippen molar-refractivity contribution in [1.29, 1.82) is 0 Å². The van der Waals surface area contributed by atoms with Crippen LogP contribution in [0.5, 0.6) is 0 Å². The van der Waals surface area contributed by atoms with E-state index in [0.29, 0.717) is 0 Å². The van der Waals surface area contributed by atoms with Gasteiger partial charge < -0.3 is 14.6 Å². The van der Waals surface area contributed by atoms with Gasteiger partial charge in [-0.05, 0) is 24.1 Å². The van der Waals surface area contributed by atoms with Crippen molar-refractivity contribution in [2.45, 2.75) is 13.3 Å². The Kier molecular flexibility index (Phi) is 3.48. The van der Waals surface area contributed by atoms with Crippen molar-refractivity contribution < 1.29 is 0 Å². The van der Waals surface area contributed by atoms with Gasteiger partial charge >= 0.3 is 0 Å². The van der Waals surface area contributed by atoms with Gasteiger partial charge in [0.25, 0.3) is 0 Å².